The van der Waals surface area contributed by atoms with Crippen molar-refractivity contribution >= 4 is 26.0 Å². The van der Waals surface area contributed by atoms with Crippen LogP contribution in [0, 0.1) is 6.92 Å². The predicted octanol–water partition coefficient (Wildman–Crippen LogP) is 1.79. The highest BCUT2D eigenvalue weighted by molar-refractivity contribution is 9.10. The minimum Gasteiger partial charge on any atom is -0.326 e. The summed E-state index contributed by atoms with van der Waals surface area (Å²) < 4.78 is 27.6. The summed E-state index contributed by atoms with van der Waals surface area (Å²) in [4.78, 5) is 2.36. The molecule has 0 spiro atoms. The molecule has 0 aromatic heterocycles. The predicted molar refractivity (Wildman–Crippen MR) is 89.8 cm³/mol. The van der Waals surface area contributed by atoms with E-state index in [1.54, 1.807) is 20.0 Å². The summed E-state index contributed by atoms with van der Waals surface area (Å²) in [6, 6.07) is 3.53. The van der Waals surface area contributed by atoms with E-state index < -0.39 is 10.0 Å². The highest BCUT2D eigenvalue weighted by Crippen LogP contribution is 2.27. The Morgan fingerprint density at radius 1 is 1.19 bits per heavy atom. The van der Waals surface area contributed by atoms with Gasteiger partial charge in [0.15, 0.2) is 0 Å². The molecule has 21 heavy (non-hydrogen) atoms. The van der Waals surface area contributed by atoms with Gasteiger partial charge in [-0.05, 0) is 57.2 Å². The highest BCUT2D eigenvalue weighted by atomic mass is 79.9. The molecule has 0 saturated heterocycles. The Morgan fingerprint density at radius 2 is 1.81 bits per heavy atom. The summed E-state index contributed by atoms with van der Waals surface area (Å²) in [7, 11) is 2.07. The van der Waals surface area contributed by atoms with Crippen LogP contribution in [0.4, 0.5) is 0 Å². The van der Waals surface area contributed by atoms with Crippen LogP contribution in [-0.2, 0) is 16.6 Å². The van der Waals surface area contributed by atoms with Crippen molar-refractivity contribution in [3.8, 4) is 0 Å². The topological polar surface area (TPSA) is 66.6 Å². The molecule has 120 valence electrons. The zero-order chi connectivity index (χ0) is 16.2. The molecule has 0 atom stereocenters. The van der Waals surface area contributed by atoms with E-state index in [1.807, 2.05) is 25.1 Å². The van der Waals surface area contributed by atoms with Crippen LogP contribution in [0.25, 0.3) is 0 Å². The number of benzene rings is 1. The van der Waals surface area contributed by atoms with Crippen LogP contribution in [0.2, 0.25) is 0 Å². The van der Waals surface area contributed by atoms with E-state index in [0.29, 0.717) is 23.5 Å². The minimum atomic E-state index is -3.49. The fraction of sp³-hybridized carbons (Fsp3) is 0.571. The van der Waals surface area contributed by atoms with E-state index in [2.05, 4.69) is 15.9 Å². The monoisotopic (exact) mass is 377 g/mol. The standard InChI is InChI=1S/C14H24BrN3O2S/c1-11-13(15)8-12(10-16)9-14(11)21(19,20)18(4)7-5-6-17(2)3/h8-9H,5-7,10,16H2,1-4H3. The van der Waals surface area contributed by atoms with Gasteiger partial charge in [0.25, 0.3) is 0 Å². The van der Waals surface area contributed by atoms with E-state index >= 15 is 0 Å². The second kappa shape index (κ2) is 7.69. The lowest BCUT2D eigenvalue weighted by atomic mass is 10.1. The van der Waals surface area contributed by atoms with Crippen LogP contribution in [0.3, 0.4) is 0 Å². The SMILES string of the molecule is Cc1c(Br)cc(CN)cc1S(=O)(=O)N(C)CCCN(C)C. The lowest BCUT2D eigenvalue weighted by Gasteiger charge is -2.20. The lowest BCUT2D eigenvalue weighted by molar-refractivity contribution is 0.370. The molecule has 2 N–H and O–H groups in total. The Labute approximate surface area is 136 Å². The highest BCUT2D eigenvalue weighted by Gasteiger charge is 2.24. The Morgan fingerprint density at radius 3 is 2.33 bits per heavy atom. The summed E-state index contributed by atoms with van der Waals surface area (Å²) in [6.07, 6.45) is 0.791. The largest absolute Gasteiger partial charge is 0.326 e. The molecule has 0 heterocycles. The number of rotatable bonds is 7. The number of nitrogens with two attached hydrogens (primary N) is 1. The quantitative estimate of drug-likeness (QED) is 0.786. The second-order valence-corrected chi connectivity index (χ2v) is 8.26. The fourth-order valence-corrected chi connectivity index (χ4v) is 4.13. The molecule has 1 aromatic carbocycles. The van der Waals surface area contributed by atoms with Gasteiger partial charge in [-0.2, -0.15) is 0 Å². The average molecular weight is 378 g/mol. The van der Waals surface area contributed by atoms with Crippen LogP contribution in [0.15, 0.2) is 21.5 Å². The summed E-state index contributed by atoms with van der Waals surface area (Å²) in [5.74, 6) is 0. The molecule has 7 heteroatoms. The van der Waals surface area contributed by atoms with Gasteiger partial charge >= 0.3 is 0 Å². The first-order valence-electron chi connectivity index (χ1n) is 6.80. The van der Waals surface area contributed by atoms with Gasteiger partial charge in [0, 0.05) is 24.6 Å². The van der Waals surface area contributed by atoms with Crippen molar-refractivity contribution in [3.63, 3.8) is 0 Å². The molecule has 5 nitrogen and oxygen atoms in total. The zero-order valence-corrected chi connectivity index (χ0v) is 15.5. The van der Waals surface area contributed by atoms with Crippen LogP contribution in [-0.4, -0.2) is 51.9 Å². The van der Waals surface area contributed by atoms with Gasteiger partial charge in [0.2, 0.25) is 10.0 Å². The summed E-state index contributed by atoms with van der Waals surface area (Å²) in [6.45, 7) is 3.45. The van der Waals surface area contributed by atoms with Crippen LogP contribution in [0.5, 0.6) is 0 Å². The molecule has 0 aliphatic carbocycles. The Balaban J connectivity index is 3.04. The van der Waals surface area contributed by atoms with Crippen LogP contribution < -0.4 is 5.73 Å². The van der Waals surface area contributed by atoms with Gasteiger partial charge in [-0.3, -0.25) is 0 Å². The van der Waals surface area contributed by atoms with Crippen molar-refractivity contribution in [1.29, 1.82) is 0 Å². The number of nitrogens with zero attached hydrogens (tertiary/aromatic N) is 2. The average Bonchev–Trinajstić information content (AvgIpc) is 2.40. The van der Waals surface area contributed by atoms with E-state index in [4.69, 9.17) is 5.73 Å². The number of halogens is 1. The molecule has 1 aromatic rings. The Kier molecular flexibility index (Phi) is 6.80. The smallest absolute Gasteiger partial charge is 0.243 e. The van der Waals surface area contributed by atoms with Crippen molar-refractivity contribution in [2.45, 2.75) is 24.8 Å². The van der Waals surface area contributed by atoms with Gasteiger partial charge in [-0.15, -0.1) is 0 Å². The lowest BCUT2D eigenvalue weighted by Crippen LogP contribution is -2.30. The van der Waals surface area contributed by atoms with Crippen molar-refractivity contribution in [1.82, 2.24) is 9.21 Å². The van der Waals surface area contributed by atoms with Gasteiger partial charge in [-0.25, -0.2) is 12.7 Å². The second-order valence-electron chi connectivity index (χ2n) is 5.39. The molecule has 0 saturated carbocycles. The van der Waals surface area contributed by atoms with Crippen molar-refractivity contribution in [3.05, 3.63) is 27.7 Å². The first-order valence-corrected chi connectivity index (χ1v) is 9.03. The third-order valence-electron chi connectivity index (χ3n) is 3.36. The van der Waals surface area contributed by atoms with E-state index in [-0.39, 0.29) is 0 Å². The van der Waals surface area contributed by atoms with Gasteiger partial charge < -0.3 is 10.6 Å². The number of hydrogen-bond donors (Lipinski definition) is 1. The third-order valence-corrected chi connectivity index (χ3v) is 6.17. The van der Waals surface area contributed by atoms with E-state index in [0.717, 1.165) is 23.0 Å². The normalized spacial score (nSPS) is 12.4. The van der Waals surface area contributed by atoms with Gasteiger partial charge in [0.05, 0.1) is 4.90 Å². The summed E-state index contributed by atoms with van der Waals surface area (Å²) in [5.41, 5.74) is 7.15. The molecule has 0 bridgehead atoms. The minimum absolute atomic E-state index is 0.311. The van der Waals surface area contributed by atoms with Crippen LogP contribution in [0.1, 0.15) is 17.5 Å². The first-order chi connectivity index (χ1) is 9.70. The van der Waals surface area contributed by atoms with E-state index in [1.165, 1.54) is 4.31 Å². The Bertz CT molecular complexity index is 588. The third kappa shape index (κ3) is 4.75. The molecular weight excluding hydrogens is 354 g/mol. The van der Waals surface area contributed by atoms with E-state index in [9.17, 15) is 8.42 Å². The van der Waals surface area contributed by atoms with Gasteiger partial charge in [-0.1, -0.05) is 15.9 Å². The molecule has 0 aliphatic heterocycles. The van der Waals surface area contributed by atoms with Gasteiger partial charge in [0.1, 0.15) is 0 Å². The number of sulfonamides is 1. The Hall–Kier alpha value is -0.470. The van der Waals surface area contributed by atoms with Crippen molar-refractivity contribution in [2.75, 3.05) is 34.2 Å². The summed E-state index contributed by atoms with van der Waals surface area (Å²) >= 11 is 3.41. The molecule has 0 amide bonds. The van der Waals surface area contributed by atoms with Crippen molar-refractivity contribution in [2.24, 2.45) is 5.73 Å². The van der Waals surface area contributed by atoms with Crippen molar-refractivity contribution < 1.29 is 8.42 Å². The molecule has 0 aliphatic rings. The maximum Gasteiger partial charge on any atom is 0.243 e. The molecular formula is C14H24BrN3O2S. The fourth-order valence-electron chi connectivity index (χ4n) is 1.99. The first kappa shape index (κ1) is 18.6. The van der Waals surface area contributed by atoms with Crippen LogP contribution >= 0.6 is 15.9 Å². The number of hydrogen-bond acceptors (Lipinski definition) is 4. The molecule has 0 radical (unpaired) electrons. The maximum absolute atomic E-state index is 12.7. The molecule has 1 rings (SSSR count). The molecule has 0 fully saturated rings. The zero-order valence-electron chi connectivity index (χ0n) is 13.1. The molecule has 0 unspecified atom stereocenters. The summed E-state index contributed by atoms with van der Waals surface area (Å²) in [5, 5.41) is 0. The maximum atomic E-state index is 12.7.